The van der Waals surface area contributed by atoms with Crippen LogP contribution in [0.1, 0.15) is 36.5 Å². The van der Waals surface area contributed by atoms with Crippen molar-refractivity contribution in [3.63, 3.8) is 0 Å². The molecule has 0 saturated carbocycles. The average molecular weight is 346 g/mol. The van der Waals surface area contributed by atoms with Crippen molar-refractivity contribution in [3.8, 4) is 5.75 Å². The maximum Gasteiger partial charge on any atom is 0.377 e. The van der Waals surface area contributed by atoms with Gasteiger partial charge in [0.15, 0.2) is 11.1 Å². The zero-order chi connectivity index (χ0) is 18.1. The number of esters is 1. The van der Waals surface area contributed by atoms with Crippen LogP contribution in [0.3, 0.4) is 0 Å². The fraction of sp³-hybridized carbons (Fsp3) is 0.353. The molecule has 0 fully saturated rings. The summed E-state index contributed by atoms with van der Waals surface area (Å²) in [6, 6.07) is 3.00. The lowest BCUT2D eigenvalue weighted by Crippen LogP contribution is -2.12. The zero-order valence-corrected chi connectivity index (χ0v) is 14.2. The Morgan fingerprint density at radius 3 is 2.76 bits per heavy atom. The van der Waals surface area contributed by atoms with Gasteiger partial charge in [0.1, 0.15) is 11.3 Å². The predicted molar refractivity (Wildman–Crippen MR) is 89.5 cm³/mol. The van der Waals surface area contributed by atoms with Gasteiger partial charge in [0, 0.05) is 12.1 Å². The molecule has 1 aromatic carbocycles. The number of aryl methyl sites for hydroxylation is 1. The van der Waals surface area contributed by atoms with Gasteiger partial charge in [-0.3, -0.25) is 0 Å². The minimum atomic E-state index is -0.777. The van der Waals surface area contributed by atoms with Crippen molar-refractivity contribution in [1.82, 2.24) is 9.71 Å². The third kappa shape index (κ3) is 2.69. The van der Waals surface area contributed by atoms with Crippen molar-refractivity contribution >= 4 is 28.0 Å². The molecular formula is C17H18N2O6. The van der Waals surface area contributed by atoms with E-state index in [4.69, 9.17) is 13.9 Å². The summed E-state index contributed by atoms with van der Waals surface area (Å²) in [5, 5.41) is 11.0. The van der Waals surface area contributed by atoms with Crippen molar-refractivity contribution in [2.24, 2.45) is 0 Å². The molecule has 25 heavy (non-hydrogen) atoms. The summed E-state index contributed by atoms with van der Waals surface area (Å²) < 4.78 is 16.2. The Morgan fingerprint density at radius 2 is 2.12 bits per heavy atom. The second kappa shape index (κ2) is 6.46. The number of carbonyl (C=O) groups is 1. The maximum absolute atomic E-state index is 12.0. The second-order valence-electron chi connectivity index (χ2n) is 5.46. The Bertz CT molecular complexity index is 1020. The SMILES string of the molecule is CCCc1cc(=O)oc2c1c(OC)cc1nc(C(=O)OCC)n(O)c12. The largest absolute Gasteiger partial charge is 0.496 e. The van der Waals surface area contributed by atoms with Gasteiger partial charge in [-0.15, -0.1) is 0 Å². The van der Waals surface area contributed by atoms with E-state index in [1.165, 1.54) is 13.2 Å². The molecule has 0 bridgehead atoms. The first kappa shape index (κ1) is 16.8. The first-order valence-corrected chi connectivity index (χ1v) is 7.94. The molecule has 3 aromatic rings. The molecule has 0 atom stereocenters. The smallest absolute Gasteiger partial charge is 0.377 e. The van der Waals surface area contributed by atoms with Gasteiger partial charge in [-0.05, 0) is 18.9 Å². The van der Waals surface area contributed by atoms with E-state index in [-0.39, 0.29) is 29.0 Å². The van der Waals surface area contributed by atoms with Crippen LogP contribution in [0.25, 0.3) is 22.0 Å². The molecule has 0 radical (unpaired) electrons. The van der Waals surface area contributed by atoms with E-state index in [2.05, 4.69) is 4.98 Å². The van der Waals surface area contributed by atoms with Crippen LogP contribution in [0.5, 0.6) is 5.75 Å². The molecule has 3 rings (SSSR count). The van der Waals surface area contributed by atoms with Gasteiger partial charge < -0.3 is 19.1 Å². The Balaban J connectivity index is 2.44. The molecule has 0 spiro atoms. The van der Waals surface area contributed by atoms with Gasteiger partial charge >= 0.3 is 11.6 Å². The summed E-state index contributed by atoms with van der Waals surface area (Å²) in [5.41, 5.74) is 0.687. The van der Waals surface area contributed by atoms with E-state index < -0.39 is 11.6 Å². The number of nitrogens with zero attached hydrogens (tertiary/aromatic N) is 2. The highest BCUT2D eigenvalue weighted by Crippen LogP contribution is 2.35. The summed E-state index contributed by atoms with van der Waals surface area (Å²) in [7, 11) is 1.49. The van der Waals surface area contributed by atoms with E-state index in [1.807, 2.05) is 6.92 Å². The molecule has 0 unspecified atom stereocenters. The number of rotatable bonds is 5. The van der Waals surface area contributed by atoms with Crippen LogP contribution >= 0.6 is 0 Å². The highest BCUT2D eigenvalue weighted by molar-refractivity contribution is 6.07. The van der Waals surface area contributed by atoms with Gasteiger partial charge in [-0.1, -0.05) is 13.3 Å². The minimum absolute atomic E-state index is 0.119. The molecule has 0 aliphatic carbocycles. The van der Waals surface area contributed by atoms with Crippen LogP contribution in [0.4, 0.5) is 0 Å². The van der Waals surface area contributed by atoms with Gasteiger partial charge in [0.2, 0.25) is 0 Å². The summed E-state index contributed by atoms with van der Waals surface area (Å²) in [6.07, 6.45) is 1.44. The predicted octanol–water partition coefficient (Wildman–Crippen LogP) is 2.52. The molecular weight excluding hydrogens is 328 g/mol. The zero-order valence-electron chi connectivity index (χ0n) is 14.2. The Kier molecular flexibility index (Phi) is 4.35. The monoisotopic (exact) mass is 346 g/mol. The van der Waals surface area contributed by atoms with Crippen molar-refractivity contribution in [2.75, 3.05) is 13.7 Å². The van der Waals surface area contributed by atoms with E-state index in [0.29, 0.717) is 22.3 Å². The number of imidazole rings is 1. The Labute approximate surface area is 142 Å². The molecule has 2 heterocycles. The van der Waals surface area contributed by atoms with Crippen LogP contribution in [0.2, 0.25) is 0 Å². The van der Waals surface area contributed by atoms with Gasteiger partial charge in [-0.2, -0.15) is 4.73 Å². The van der Waals surface area contributed by atoms with Crippen molar-refractivity contribution in [1.29, 1.82) is 0 Å². The third-order valence-electron chi connectivity index (χ3n) is 3.85. The molecule has 0 aliphatic rings. The molecule has 0 amide bonds. The minimum Gasteiger partial charge on any atom is -0.496 e. The summed E-state index contributed by atoms with van der Waals surface area (Å²) in [5.74, 6) is -0.626. The van der Waals surface area contributed by atoms with Crippen molar-refractivity contribution in [2.45, 2.75) is 26.7 Å². The lowest BCUT2D eigenvalue weighted by Gasteiger charge is -2.10. The fourth-order valence-corrected chi connectivity index (χ4v) is 2.87. The number of benzene rings is 1. The standard InChI is InChI=1S/C17H18N2O6/c1-4-6-9-7-12(20)25-15-13(9)11(23-3)8-10-14(15)19(22)16(18-10)17(21)24-5-2/h7-8,22H,4-6H2,1-3H3. The number of hydrogen-bond acceptors (Lipinski definition) is 7. The quantitative estimate of drug-likeness (QED) is 0.430. The number of fused-ring (bicyclic) bond motifs is 3. The fourth-order valence-electron chi connectivity index (χ4n) is 2.87. The highest BCUT2D eigenvalue weighted by atomic mass is 16.5. The molecule has 1 N–H and O–H groups in total. The van der Waals surface area contributed by atoms with Crippen LogP contribution in [-0.2, 0) is 11.2 Å². The second-order valence-corrected chi connectivity index (χ2v) is 5.46. The lowest BCUT2D eigenvalue weighted by atomic mass is 10.0. The first-order valence-electron chi connectivity index (χ1n) is 7.94. The number of carbonyl (C=O) groups excluding carboxylic acids is 1. The van der Waals surface area contributed by atoms with Crippen LogP contribution in [0.15, 0.2) is 21.3 Å². The number of methoxy groups -OCH3 is 1. The van der Waals surface area contributed by atoms with E-state index in [9.17, 15) is 14.8 Å². The van der Waals surface area contributed by atoms with Crippen molar-refractivity contribution in [3.05, 3.63) is 33.9 Å². The van der Waals surface area contributed by atoms with Gasteiger partial charge in [-0.25, -0.2) is 14.6 Å². The summed E-state index contributed by atoms with van der Waals surface area (Å²) in [4.78, 5) is 28.0. The van der Waals surface area contributed by atoms with E-state index in [0.717, 1.165) is 12.0 Å². The molecule has 2 aromatic heterocycles. The average Bonchev–Trinajstić information content (AvgIpc) is 2.91. The number of hydrogen-bond donors (Lipinski definition) is 1. The first-order chi connectivity index (χ1) is 12.0. The van der Waals surface area contributed by atoms with Crippen molar-refractivity contribution < 1.29 is 23.9 Å². The molecule has 0 saturated heterocycles. The van der Waals surface area contributed by atoms with E-state index >= 15 is 0 Å². The number of aromatic nitrogens is 2. The van der Waals surface area contributed by atoms with Crippen LogP contribution < -0.4 is 10.4 Å². The maximum atomic E-state index is 12.0. The lowest BCUT2D eigenvalue weighted by molar-refractivity contribution is 0.0470. The normalized spacial score (nSPS) is 11.2. The molecule has 0 aliphatic heterocycles. The van der Waals surface area contributed by atoms with Crippen LogP contribution in [-0.4, -0.2) is 34.6 Å². The summed E-state index contributed by atoms with van der Waals surface area (Å²) in [6.45, 7) is 3.78. The summed E-state index contributed by atoms with van der Waals surface area (Å²) >= 11 is 0. The Morgan fingerprint density at radius 1 is 1.36 bits per heavy atom. The van der Waals surface area contributed by atoms with Gasteiger partial charge in [0.25, 0.3) is 5.82 Å². The topological polar surface area (TPSA) is 104 Å². The molecule has 132 valence electrons. The van der Waals surface area contributed by atoms with Gasteiger partial charge in [0.05, 0.1) is 19.1 Å². The number of ether oxygens (including phenoxy) is 2. The molecule has 8 nitrogen and oxygen atoms in total. The van der Waals surface area contributed by atoms with E-state index in [1.54, 1.807) is 13.0 Å². The highest BCUT2D eigenvalue weighted by Gasteiger charge is 2.24. The van der Waals surface area contributed by atoms with Crippen LogP contribution in [0, 0.1) is 0 Å². The third-order valence-corrected chi connectivity index (χ3v) is 3.85. The Hall–Kier alpha value is -3.03. The molecule has 8 heteroatoms.